The second-order valence-electron chi connectivity index (χ2n) is 7.07. The molecule has 2 aromatic rings. The van der Waals surface area contributed by atoms with E-state index >= 15 is 0 Å². The second-order valence-corrected chi connectivity index (χ2v) is 7.52. The maximum Gasteiger partial charge on any atom is 0.259 e. The van der Waals surface area contributed by atoms with E-state index in [-0.39, 0.29) is 5.91 Å². The number of carbonyl (C=O) groups excluding carboxylic acids is 1. The van der Waals surface area contributed by atoms with Crippen molar-refractivity contribution in [2.75, 3.05) is 16.3 Å². The third-order valence-electron chi connectivity index (χ3n) is 5.62. The number of anilines is 2. The van der Waals surface area contributed by atoms with Crippen LogP contribution in [0.1, 0.15) is 24.0 Å². The topological polar surface area (TPSA) is 23.6 Å². The van der Waals surface area contributed by atoms with Crippen molar-refractivity contribution in [2.24, 2.45) is 0 Å². The van der Waals surface area contributed by atoms with Crippen LogP contribution >= 0.6 is 15.9 Å². The quantitative estimate of drug-likeness (QED) is 0.709. The first kappa shape index (κ1) is 15.9. The Kier molecular flexibility index (Phi) is 3.75. The van der Waals surface area contributed by atoms with Crippen molar-refractivity contribution in [2.45, 2.75) is 25.4 Å². The zero-order valence-corrected chi connectivity index (χ0v) is 15.9. The molecular weight excluding hydrogens is 388 g/mol. The summed E-state index contributed by atoms with van der Waals surface area (Å²) in [6.45, 7) is 1.64. The Morgan fingerprint density at radius 3 is 2.69 bits per heavy atom. The fourth-order valence-corrected chi connectivity index (χ4v) is 4.89. The normalized spacial score (nSPS) is 22.3. The van der Waals surface area contributed by atoms with Gasteiger partial charge in [0.1, 0.15) is 0 Å². The Hall–Kier alpha value is -2.33. The number of nitrogens with zero attached hydrogens (tertiary/aromatic N) is 2. The molecule has 3 aliphatic rings. The highest BCUT2D eigenvalue weighted by Gasteiger charge is 2.40. The summed E-state index contributed by atoms with van der Waals surface area (Å²) < 4.78 is 0. The summed E-state index contributed by atoms with van der Waals surface area (Å²) in [5.74, 6) is 0.101. The lowest BCUT2D eigenvalue weighted by molar-refractivity contribution is -0.113. The van der Waals surface area contributed by atoms with E-state index in [9.17, 15) is 4.79 Å². The molecule has 0 N–H and O–H groups in total. The predicted octanol–water partition coefficient (Wildman–Crippen LogP) is 4.88. The molecule has 3 heterocycles. The van der Waals surface area contributed by atoms with Crippen molar-refractivity contribution in [3.05, 3.63) is 76.3 Å². The Balaban J connectivity index is 1.67. The zero-order valence-electron chi connectivity index (χ0n) is 14.4. The van der Waals surface area contributed by atoms with Gasteiger partial charge < -0.3 is 9.80 Å². The summed E-state index contributed by atoms with van der Waals surface area (Å²) in [6, 6.07) is 16.9. The lowest BCUT2D eigenvalue weighted by Gasteiger charge is -2.28. The lowest BCUT2D eigenvalue weighted by atomic mass is 10.0. The molecule has 1 fully saturated rings. The summed E-state index contributed by atoms with van der Waals surface area (Å²) >= 11 is 3.53. The Bertz CT molecular complexity index is 948. The van der Waals surface area contributed by atoms with Gasteiger partial charge in [0.15, 0.2) is 0 Å². The smallest absolute Gasteiger partial charge is 0.259 e. The number of amides is 1. The molecule has 1 saturated heterocycles. The van der Waals surface area contributed by atoms with Crippen LogP contribution < -0.4 is 9.80 Å². The average molecular weight is 407 g/mol. The molecular formula is C22H19BrN2O. The number of fused-ring (bicyclic) bond motifs is 2. The van der Waals surface area contributed by atoms with Gasteiger partial charge in [0.25, 0.3) is 5.91 Å². The van der Waals surface area contributed by atoms with Crippen LogP contribution in [0.25, 0.3) is 5.57 Å². The van der Waals surface area contributed by atoms with Crippen LogP contribution in [0.2, 0.25) is 0 Å². The van der Waals surface area contributed by atoms with Crippen molar-refractivity contribution in [1.82, 2.24) is 0 Å². The van der Waals surface area contributed by atoms with E-state index in [2.05, 4.69) is 57.2 Å². The number of benzene rings is 2. The molecule has 0 bridgehead atoms. The van der Waals surface area contributed by atoms with Gasteiger partial charge in [-0.15, -0.1) is 0 Å². The molecule has 0 spiro atoms. The SMILES string of the molecule is O=C1C2=C/C(=C\Br)C3CCCN3c3cccc(c32)N1Cc1ccccc1. The van der Waals surface area contributed by atoms with Gasteiger partial charge in [0.05, 0.1) is 23.8 Å². The minimum absolute atomic E-state index is 0.101. The number of halogens is 1. The van der Waals surface area contributed by atoms with Gasteiger partial charge in [-0.3, -0.25) is 4.79 Å². The van der Waals surface area contributed by atoms with Crippen molar-refractivity contribution in [3.63, 3.8) is 0 Å². The molecule has 1 amide bonds. The summed E-state index contributed by atoms with van der Waals surface area (Å²) in [6.07, 6.45) is 4.41. The van der Waals surface area contributed by atoms with Crippen LogP contribution in [-0.4, -0.2) is 18.5 Å². The Morgan fingerprint density at radius 2 is 1.88 bits per heavy atom. The highest BCUT2D eigenvalue weighted by Crippen LogP contribution is 2.48. The van der Waals surface area contributed by atoms with Gasteiger partial charge in [0, 0.05) is 17.8 Å². The van der Waals surface area contributed by atoms with Crippen molar-refractivity contribution < 1.29 is 4.79 Å². The molecule has 0 aliphatic carbocycles. The summed E-state index contributed by atoms with van der Waals surface area (Å²) in [7, 11) is 0. The minimum Gasteiger partial charge on any atom is -0.364 e. The molecule has 0 saturated carbocycles. The Labute approximate surface area is 161 Å². The molecule has 0 aromatic heterocycles. The first-order valence-electron chi connectivity index (χ1n) is 9.06. The number of hydrogen-bond acceptors (Lipinski definition) is 2. The van der Waals surface area contributed by atoms with Gasteiger partial charge in [-0.2, -0.15) is 0 Å². The van der Waals surface area contributed by atoms with E-state index in [4.69, 9.17) is 0 Å². The van der Waals surface area contributed by atoms with Crippen LogP contribution in [0.4, 0.5) is 11.4 Å². The summed E-state index contributed by atoms with van der Waals surface area (Å²) in [5, 5.41) is 0. The first-order valence-corrected chi connectivity index (χ1v) is 9.97. The largest absolute Gasteiger partial charge is 0.364 e. The molecule has 1 unspecified atom stereocenters. The van der Waals surface area contributed by atoms with Gasteiger partial charge >= 0.3 is 0 Å². The van der Waals surface area contributed by atoms with Crippen LogP contribution in [0, 0.1) is 0 Å². The monoisotopic (exact) mass is 406 g/mol. The third-order valence-corrected chi connectivity index (χ3v) is 6.15. The molecule has 26 heavy (non-hydrogen) atoms. The van der Waals surface area contributed by atoms with Crippen molar-refractivity contribution >= 4 is 38.8 Å². The van der Waals surface area contributed by atoms with Crippen molar-refractivity contribution in [3.8, 4) is 0 Å². The van der Waals surface area contributed by atoms with Gasteiger partial charge in [0.2, 0.25) is 0 Å². The molecule has 3 nitrogen and oxygen atoms in total. The zero-order chi connectivity index (χ0) is 17.7. The van der Waals surface area contributed by atoms with Gasteiger partial charge in [-0.05, 0) is 47.2 Å². The molecule has 1 atom stereocenters. The highest BCUT2D eigenvalue weighted by atomic mass is 79.9. The molecule has 130 valence electrons. The molecule has 5 rings (SSSR count). The van der Waals surface area contributed by atoms with Gasteiger partial charge in [-0.1, -0.05) is 52.3 Å². The molecule has 4 heteroatoms. The van der Waals surface area contributed by atoms with Crippen LogP contribution in [-0.2, 0) is 11.3 Å². The summed E-state index contributed by atoms with van der Waals surface area (Å²) in [5.41, 5.74) is 6.49. The fourth-order valence-electron chi connectivity index (χ4n) is 4.46. The number of hydrogen-bond donors (Lipinski definition) is 0. The third kappa shape index (κ3) is 2.28. The van der Waals surface area contributed by atoms with E-state index in [1.807, 2.05) is 28.1 Å². The molecule has 2 aromatic carbocycles. The average Bonchev–Trinajstić information content (AvgIpc) is 3.22. The van der Waals surface area contributed by atoms with Crippen LogP contribution in [0.3, 0.4) is 0 Å². The molecule has 3 aliphatic heterocycles. The predicted molar refractivity (Wildman–Crippen MR) is 109 cm³/mol. The lowest BCUT2D eigenvalue weighted by Crippen LogP contribution is -2.30. The number of rotatable bonds is 2. The second kappa shape index (κ2) is 6.13. The van der Waals surface area contributed by atoms with Crippen LogP contribution in [0.5, 0.6) is 0 Å². The fraction of sp³-hybridized carbons (Fsp3) is 0.227. The standard InChI is InChI=1S/C22H19BrN2O/c23-13-16-12-17-21-19(24-11-5-10-18(16)24)8-4-9-20(21)25(22(17)26)14-15-6-2-1-3-7-15/h1-4,6-9,12-13,18H,5,10-11,14H2/b16-13+. The van der Waals surface area contributed by atoms with E-state index in [1.165, 1.54) is 17.7 Å². The van der Waals surface area contributed by atoms with Crippen molar-refractivity contribution in [1.29, 1.82) is 0 Å². The Morgan fingerprint density at radius 1 is 1.08 bits per heavy atom. The number of carbonyl (C=O) groups is 1. The van der Waals surface area contributed by atoms with E-state index < -0.39 is 0 Å². The molecule has 0 radical (unpaired) electrons. The highest BCUT2D eigenvalue weighted by molar-refractivity contribution is 9.11. The summed E-state index contributed by atoms with van der Waals surface area (Å²) in [4.78, 5) is 19.7. The van der Waals surface area contributed by atoms with E-state index in [0.29, 0.717) is 12.6 Å². The van der Waals surface area contributed by atoms with Crippen LogP contribution in [0.15, 0.2) is 65.2 Å². The maximum atomic E-state index is 13.3. The van der Waals surface area contributed by atoms with E-state index in [1.54, 1.807) is 0 Å². The first-order chi connectivity index (χ1) is 12.8. The minimum atomic E-state index is 0.101. The maximum absolute atomic E-state index is 13.3. The van der Waals surface area contributed by atoms with Gasteiger partial charge in [-0.25, -0.2) is 0 Å². The van der Waals surface area contributed by atoms with E-state index in [0.717, 1.165) is 35.4 Å².